The van der Waals surface area contributed by atoms with Crippen molar-refractivity contribution in [1.82, 2.24) is 4.98 Å². The fourth-order valence-electron chi connectivity index (χ4n) is 3.40. The van der Waals surface area contributed by atoms with Gasteiger partial charge in [-0.05, 0) is 36.4 Å². The minimum absolute atomic E-state index is 0.0605. The number of amides is 1. The number of fused-ring (bicyclic) bond motifs is 1. The molecule has 1 fully saturated rings. The summed E-state index contributed by atoms with van der Waals surface area (Å²) in [4.78, 5) is 18.6. The van der Waals surface area contributed by atoms with Gasteiger partial charge >= 0.3 is 0 Å². The number of nitrogens with one attached hydrogen (secondary N) is 2. The molecule has 0 aliphatic carbocycles. The summed E-state index contributed by atoms with van der Waals surface area (Å²) in [5.41, 5.74) is 1.90. The SMILES string of the molecule is O=C(C[NH+]1CCC[C@H]1c1nc2ccccc2s1)Nc1ccc(Br)cc1. The van der Waals surface area contributed by atoms with E-state index in [1.807, 2.05) is 30.3 Å². The van der Waals surface area contributed by atoms with Gasteiger partial charge in [-0.1, -0.05) is 28.1 Å². The summed E-state index contributed by atoms with van der Waals surface area (Å²) in [7, 11) is 0. The van der Waals surface area contributed by atoms with Crippen molar-refractivity contribution in [2.45, 2.75) is 18.9 Å². The van der Waals surface area contributed by atoms with Gasteiger partial charge in [0.15, 0.2) is 11.6 Å². The number of nitrogens with zero attached hydrogens (tertiary/aromatic N) is 1. The van der Waals surface area contributed by atoms with Crippen LogP contribution in [0.3, 0.4) is 0 Å². The zero-order valence-corrected chi connectivity index (χ0v) is 16.1. The number of halogens is 1. The monoisotopic (exact) mass is 416 g/mol. The highest BCUT2D eigenvalue weighted by atomic mass is 79.9. The summed E-state index contributed by atoms with van der Waals surface area (Å²) >= 11 is 5.17. The molecule has 2 aromatic carbocycles. The molecule has 6 heteroatoms. The summed E-state index contributed by atoms with van der Waals surface area (Å²) in [5.74, 6) is 0.0605. The van der Waals surface area contributed by atoms with Crippen LogP contribution in [0.25, 0.3) is 10.2 Å². The van der Waals surface area contributed by atoms with Crippen LogP contribution in [0.15, 0.2) is 53.0 Å². The van der Waals surface area contributed by atoms with Crippen molar-refractivity contribution in [1.29, 1.82) is 0 Å². The highest BCUT2D eigenvalue weighted by Crippen LogP contribution is 2.28. The van der Waals surface area contributed by atoms with E-state index in [9.17, 15) is 4.79 Å². The van der Waals surface area contributed by atoms with Gasteiger partial charge in [0.05, 0.1) is 16.8 Å². The minimum atomic E-state index is 0.0605. The van der Waals surface area contributed by atoms with Crippen LogP contribution >= 0.6 is 27.3 Å². The number of para-hydroxylation sites is 1. The quantitative estimate of drug-likeness (QED) is 0.684. The number of hydrogen-bond donors (Lipinski definition) is 2. The van der Waals surface area contributed by atoms with E-state index in [0.29, 0.717) is 12.6 Å². The van der Waals surface area contributed by atoms with Crippen LogP contribution in [-0.4, -0.2) is 24.0 Å². The molecule has 0 bridgehead atoms. The lowest BCUT2D eigenvalue weighted by Crippen LogP contribution is -3.11. The number of thiazole rings is 1. The van der Waals surface area contributed by atoms with Gasteiger partial charge in [0.1, 0.15) is 6.04 Å². The van der Waals surface area contributed by atoms with E-state index in [2.05, 4.69) is 39.4 Å². The Kier molecular flexibility index (Phi) is 4.83. The Morgan fingerprint density at radius 2 is 2.04 bits per heavy atom. The molecule has 4 nitrogen and oxygen atoms in total. The minimum Gasteiger partial charge on any atom is -0.321 e. The van der Waals surface area contributed by atoms with Crippen molar-refractivity contribution in [3.8, 4) is 0 Å². The maximum atomic E-state index is 12.4. The van der Waals surface area contributed by atoms with E-state index in [4.69, 9.17) is 4.98 Å². The first-order valence-corrected chi connectivity index (χ1v) is 10.1. The number of benzene rings is 2. The largest absolute Gasteiger partial charge is 0.321 e. The normalized spacial score (nSPS) is 20.0. The first kappa shape index (κ1) is 16.7. The van der Waals surface area contributed by atoms with Gasteiger partial charge in [-0.2, -0.15) is 0 Å². The second kappa shape index (κ2) is 7.23. The molecule has 1 aliphatic heterocycles. The second-order valence-electron chi connectivity index (χ2n) is 6.35. The van der Waals surface area contributed by atoms with Gasteiger partial charge in [-0.25, -0.2) is 4.98 Å². The Hall–Kier alpha value is -1.76. The lowest BCUT2D eigenvalue weighted by molar-refractivity contribution is -0.910. The molecule has 25 heavy (non-hydrogen) atoms. The summed E-state index contributed by atoms with van der Waals surface area (Å²) < 4.78 is 2.23. The van der Waals surface area contributed by atoms with Gasteiger partial charge < -0.3 is 10.2 Å². The summed E-state index contributed by atoms with van der Waals surface area (Å²) in [5, 5.41) is 4.15. The summed E-state index contributed by atoms with van der Waals surface area (Å²) in [6, 6.07) is 16.3. The number of carbonyl (C=O) groups excluding carboxylic acids is 1. The van der Waals surface area contributed by atoms with Crippen LogP contribution in [0.1, 0.15) is 23.9 Å². The topological polar surface area (TPSA) is 46.4 Å². The van der Waals surface area contributed by atoms with Crippen LogP contribution in [0.5, 0.6) is 0 Å². The second-order valence-corrected chi connectivity index (χ2v) is 8.33. The number of anilines is 1. The van der Waals surface area contributed by atoms with Crippen molar-refractivity contribution in [3.63, 3.8) is 0 Å². The Morgan fingerprint density at radius 3 is 2.84 bits per heavy atom. The molecular weight excluding hydrogens is 398 g/mol. The molecule has 4 rings (SSSR count). The molecule has 2 atom stereocenters. The van der Waals surface area contributed by atoms with E-state index in [-0.39, 0.29) is 5.91 Å². The summed E-state index contributed by atoms with van der Waals surface area (Å²) in [6.07, 6.45) is 2.24. The Balaban J connectivity index is 1.45. The van der Waals surface area contributed by atoms with Crippen molar-refractivity contribution < 1.29 is 9.69 Å². The zero-order chi connectivity index (χ0) is 17.2. The lowest BCUT2D eigenvalue weighted by atomic mass is 10.2. The van der Waals surface area contributed by atoms with E-state index >= 15 is 0 Å². The van der Waals surface area contributed by atoms with Crippen LogP contribution in [0.4, 0.5) is 5.69 Å². The van der Waals surface area contributed by atoms with Crippen LogP contribution in [-0.2, 0) is 4.79 Å². The first-order chi connectivity index (χ1) is 12.2. The van der Waals surface area contributed by atoms with Crippen LogP contribution < -0.4 is 10.2 Å². The smallest absolute Gasteiger partial charge is 0.279 e. The van der Waals surface area contributed by atoms with E-state index in [1.165, 1.54) is 9.60 Å². The van der Waals surface area contributed by atoms with Crippen molar-refractivity contribution in [2.24, 2.45) is 0 Å². The molecule has 1 saturated heterocycles. The van der Waals surface area contributed by atoms with Crippen LogP contribution in [0, 0.1) is 0 Å². The van der Waals surface area contributed by atoms with Gasteiger partial charge in [-0.3, -0.25) is 4.79 Å². The number of hydrogen-bond acceptors (Lipinski definition) is 3. The van der Waals surface area contributed by atoms with E-state index < -0.39 is 0 Å². The molecule has 0 saturated carbocycles. The van der Waals surface area contributed by atoms with Gasteiger partial charge in [-0.15, -0.1) is 11.3 Å². The molecule has 1 amide bonds. The summed E-state index contributed by atoms with van der Waals surface area (Å²) in [6.45, 7) is 1.50. The number of carbonyl (C=O) groups is 1. The molecule has 3 aromatic rings. The molecular formula is C19H19BrN3OS+. The van der Waals surface area contributed by atoms with Crippen molar-refractivity contribution in [2.75, 3.05) is 18.4 Å². The highest BCUT2D eigenvalue weighted by Gasteiger charge is 2.33. The van der Waals surface area contributed by atoms with E-state index in [1.54, 1.807) is 11.3 Å². The third-order valence-corrected chi connectivity index (χ3v) is 6.29. The maximum Gasteiger partial charge on any atom is 0.279 e. The number of rotatable bonds is 4. The van der Waals surface area contributed by atoms with Crippen LogP contribution in [0.2, 0.25) is 0 Å². The third-order valence-electron chi connectivity index (χ3n) is 4.61. The van der Waals surface area contributed by atoms with Gasteiger partial charge in [0.25, 0.3) is 5.91 Å². The predicted octanol–water partition coefficient (Wildman–Crippen LogP) is 3.42. The molecule has 2 N–H and O–H groups in total. The average molecular weight is 417 g/mol. The Labute approximate surface area is 159 Å². The Morgan fingerprint density at radius 1 is 1.24 bits per heavy atom. The van der Waals surface area contributed by atoms with Crippen molar-refractivity contribution >= 4 is 49.1 Å². The highest BCUT2D eigenvalue weighted by molar-refractivity contribution is 9.10. The fourth-order valence-corrected chi connectivity index (χ4v) is 4.83. The predicted molar refractivity (Wildman–Crippen MR) is 105 cm³/mol. The molecule has 2 heterocycles. The first-order valence-electron chi connectivity index (χ1n) is 8.44. The number of aromatic nitrogens is 1. The van der Waals surface area contributed by atoms with Gasteiger partial charge in [0.2, 0.25) is 0 Å². The fraction of sp³-hybridized carbons (Fsp3) is 0.263. The van der Waals surface area contributed by atoms with E-state index in [0.717, 1.165) is 40.1 Å². The molecule has 1 aromatic heterocycles. The molecule has 0 spiro atoms. The van der Waals surface area contributed by atoms with Gasteiger partial charge in [0, 0.05) is 23.0 Å². The maximum absolute atomic E-state index is 12.4. The Bertz CT molecular complexity index is 860. The molecule has 128 valence electrons. The average Bonchev–Trinajstić information content (AvgIpc) is 3.22. The standard InChI is InChI=1S/C19H18BrN3OS/c20-13-7-9-14(10-8-13)21-18(24)12-23-11-3-5-16(23)19-22-15-4-1-2-6-17(15)25-19/h1-2,4,6-10,16H,3,5,11-12H2,(H,21,24)/p+1/t16-/m0/s1. The molecule has 1 unspecified atom stereocenters. The molecule has 1 aliphatic rings. The number of likely N-dealkylation sites (tertiary alicyclic amines) is 1. The third kappa shape index (κ3) is 3.76. The molecule has 0 radical (unpaired) electrons. The van der Waals surface area contributed by atoms with Crippen molar-refractivity contribution in [3.05, 3.63) is 58.0 Å². The number of quaternary nitrogens is 1. The lowest BCUT2D eigenvalue weighted by Gasteiger charge is -2.19. The zero-order valence-electron chi connectivity index (χ0n) is 13.7.